The largest absolute Gasteiger partial charge is 0.394 e. The van der Waals surface area contributed by atoms with Crippen molar-refractivity contribution in [3.8, 4) is 0 Å². The number of aliphatic hydroxyl groups excluding tert-OH is 3. The third-order valence-electron chi connectivity index (χ3n) is 11.3. The van der Waals surface area contributed by atoms with E-state index in [2.05, 4.69) is 67.3 Å². The van der Waals surface area contributed by atoms with Gasteiger partial charge in [-0.1, -0.05) is 79.6 Å². The molecule has 2 aromatic rings. The van der Waals surface area contributed by atoms with Crippen molar-refractivity contribution in [2.75, 3.05) is 19.7 Å². The maximum Gasteiger partial charge on any atom is 0.0897 e. The van der Waals surface area contributed by atoms with E-state index in [0.717, 1.165) is 44.9 Å². The molecular formula is C34H45NO4. The van der Waals surface area contributed by atoms with Gasteiger partial charge in [0.1, 0.15) is 0 Å². The Morgan fingerprint density at radius 3 is 2.54 bits per heavy atom. The summed E-state index contributed by atoms with van der Waals surface area (Å²) in [6.45, 7) is 5.82. The summed E-state index contributed by atoms with van der Waals surface area (Å²) >= 11 is 0. The van der Waals surface area contributed by atoms with Gasteiger partial charge in [0.15, 0.2) is 0 Å². The van der Waals surface area contributed by atoms with Gasteiger partial charge in [-0.05, 0) is 78.5 Å². The van der Waals surface area contributed by atoms with Crippen molar-refractivity contribution in [3.63, 3.8) is 0 Å². The van der Waals surface area contributed by atoms with Crippen molar-refractivity contribution >= 4 is 10.8 Å². The van der Waals surface area contributed by atoms with Crippen molar-refractivity contribution in [1.29, 1.82) is 0 Å². The van der Waals surface area contributed by atoms with Gasteiger partial charge in [0, 0.05) is 25.0 Å². The molecule has 39 heavy (non-hydrogen) atoms. The molecule has 3 fully saturated rings. The summed E-state index contributed by atoms with van der Waals surface area (Å²) in [4.78, 5) is 2.17. The number of hydrogen-bond donors (Lipinski definition) is 4. The lowest BCUT2D eigenvalue weighted by atomic mass is 9.50. The Balaban J connectivity index is 1.28. The van der Waals surface area contributed by atoms with Gasteiger partial charge in [-0.15, -0.1) is 0 Å². The lowest BCUT2D eigenvalue weighted by molar-refractivity contribution is -0.107. The molecule has 0 unspecified atom stereocenters. The van der Waals surface area contributed by atoms with Gasteiger partial charge in [-0.25, -0.2) is 0 Å². The van der Waals surface area contributed by atoms with Crippen LogP contribution >= 0.6 is 0 Å². The van der Waals surface area contributed by atoms with E-state index in [-0.39, 0.29) is 23.5 Å². The maximum absolute atomic E-state index is 12.5. The number of rotatable bonds is 7. The van der Waals surface area contributed by atoms with Crippen LogP contribution in [-0.4, -0.2) is 62.8 Å². The van der Waals surface area contributed by atoms with E-state index >= 15 is 0 Å². The first kappa shape index (κ1) is 27.2. The minimum absolute atomic E-state index is 0.122. The van der Waals surface area contributed by atoms with Gasteiger partial charge in [-0.2, -0.15) is 0 Å². The molecule has 3 saturated carbocycles. The number of nitrogens with zero attached hydrogens (tertiary/aromatic N) is 1. The van der Waals surface area contributed by atoms with Crippen LogP contribution in [0.2, 0.25) is 0 Å². The zero-order valence-corrected chi connectivity index (χ0v) is 23.5. The number of benzene rings is 2. The SMILES string of the molecule is C[C@]12CC[C@H](O)CC1=CC=C1[C@@H]2CC[C@@]2(C)[C@H]1CC[C@@]2(O)CN(Cc1cccc2ccccc12)C[C@H](O)CO. The van der Waals surface area contributed by atoms with Gasteiger partial charge in [0.2, 0.25) is 0 Å². The molecule has 7 atom stereocenters. The standard InChI is InChI=1S/C34H45NO4/c1-32-15-12-26(37)18-25(32)10-11-29-30(32)13-16-33(2)31(29)14-17-34(33,39)22-35(20-27(38)21-36)19-24-8-5-7-23-6-3-4-9-28(23)24/h3-11,26-27,30-31,36-39H,12-22H2,1-2H3/t26-,27-,30-,31-,32-,33-,34+/m0/s1. The van der Waals surface area contributed by atoms with Crippen LogP contribution in [-0.2, 0) is 6.54 Å². The molecule has 4 aliphatic rings. The minimum Gasteiger partial charge on any atom is -0.394 e. The molecule has 5 heteroatoms. The maximum atomic E-state index is 12.5. The third kappa shape index (κ3) is 4.51. The molecule has 0 aromatic heterocycles. The van der Waals surface area contributed by atoms with Gasteiger partial charge < -0.3 is 20.4 Å². The van der Waals surface area contributed by atoms with Crippen molar-refractivity contribution in [1.82, 2.24) is 4.90 Å². The van der Waals surface area contributed by atoms with Crippen LogP contribution in [0.4, 0.5) is 0 Å². The normalized spacial score (nSPS) is 36.6. The monoisotopic (exact) mass is 531 g/mol. The van der Waals surface area contributed by atoms with Gasteiger partial charge in [0.05, 0.1) is 24.4 Å². The molecule has 0 saturated heterocycles. The highest BCUT2D eigenvalue weighted by Gasteiger charge is 2.62. The summed E-state index contributed by atoms with van der Waals surface area (Å²) in [7, 11) is 0. The van der Waals surface area contributed by atoms with E-state index in [1.807, 2.05) is 6.07 Å². The fourth-order valence-electron chi connectivity index (χ4n) is 8.94. The molecule has 4 N–H and O–H groups in total. The average molecular weight is 532 g/mol. The van der Waals surface area contributed by atoms with Crippen LogP contribution in [0, 0.1) is 22.7 Å². The van der Waals surface area contributed by atoms with E-state index < -0.39 is 11.7 Å². The molecule has 0 aliphatic heterocycles. The summed E-state index contributed by atoms with van der Waals surface area (Å²) in [6, 6.07) is 14.7. The summed E-state index contributed by atoms with van der Waals surface area (Å²) in [5, 5.41) is 45.3. The molecule has 2 aromatic carbocycles. The Kier molecular flexibility index (Phi) is 7.04. The predicted octanol–water partition coefficient (Wildman–Crippen LogP) is 4.97. The van der Waals surface area contributed by atoms with E-state index in [1.165, 1.54) is 27.5 Å². The van der Waals surface area contributed by atoms with E-state index in [9.17, 15) is 20.4 Å². The highest BCUT2D eigenvalue weighted by atomic mass is 16.3. The second-order valence-electron chi connectivity index (χ2n) is 13.4. The predicted molar refractivity (Wildman–Crippen MR) is 155 cm³/mol. The summed E-state index contributed by atoms with van der Waals surface area (Å²) in [6.07, 6.45) is 10.0. The molecule has 210 valence electrons. The first-order chi connectivity index (χ1) is 18.7. The molecule has 0 heterocycles. The average Bonchev–Trinajstić information content (AvgIpc) is 3.19. The van der Waals surface area contributed by atoms with Crippen molar-refractivity contribution < 1.29 is 20.4 Å². The number of hydrogen-bond acceptors (Lipinski definition) is 5. The summed E-state index contributed by atoms with van der Waals surface area (Å²) in [5.41, 5.74) is 3.09. The molecule has 0 radical (unpaired) electrons. The molecule has 0 spiro atoms. The molecule has 0 bridgehead atoms. The lowest BCUT2D eigenvalue weighted by Crippen LogP contribution is -2.56. The Hall–Kier alpha value is -2.02. The third-order valence-corrected chi connectivity index (χ3v) is 11.3. The van der Waals surface area contributed by atoms with E-state index in [0.29, 0.717) is 31.5 Å². The van der Waals surface area contributed by atoms with Crippen molar-refractivity contribution in [2.45, 2.75) is 83.1 Å². The van der Waals surface area contributed by atoms with Gasteiger partial charge >= 0.3 is 0 Å². The highest BCUT2D eigenvalue weighted by molar-refractivity contribution is 5.85. The van der Waals surface area contributed by atoms with E-state index in [1.54, 1.807) is 0 Å². The van der Waals surface area contributed by atoms with E-state index in [4.69, 9.17) is 0 Å². The van der Waals surface area contributed by atoms with Crippen LogP contribution in [0.1, 0.15) is 64.4 Å². The molecule has 6 rings (SSSR count). The Morgan fingerprint density at radius 2 is 1.72 bits per heavy atom. The Bertz CT molecular complexity index is 1280. The van der Waals surface area contributed by atoms with Gasteiger partial charge in [-0.3, -0.25) is 4.90 Å². The highest BCUT2D eigenvalue weighted by Crippen LogP contribution is 2.66. The molecule has 4 aliphatic carbocycles. The zero-order valence-electron chi connectivity index (χ0n) is 23.5. The van der Waals surface area contributed by atoms with Crippen LogP contribution in [0.3, 0.4) is 0 Å². The first-order valence-corrected chi connectivity index (χ1v) is 15.0. The van der Waals surface area contributed by atoms with Gasteiger partial charge in [0.25, 0.3) is 0 Å². The Morgan fingerprint density at radius 1 is 0.949 bits per heavy atom. The number of fused-ring (bicyclic) bond motifs is 6. The van der Waals surface area contributed by atoms with Crippen LogP contribution < -0.4 is 0 Å². The van der Waals surface area contributed by atoms with Crippen molar-refractivity contribution in [3.05, 3.63) is 71.3 Å². The molecule has 5 nitrogen and oxygen atoms in total. The van der Waals surface area contributed by atoms with Crippen molar-refractivity contribution in [2.24, 2.45) is 22.7 Å². The molecule has 0 amide bonds. The van der Waals surface area contributed by atoms with Crippen LogP contribution in [0.15, 0.2) is 65.8 Å². The quantitative estimate of drug-likeness (QED) is 0.406. The summed E-state index contributed by atoms with van der Waals surface area (Å²) in [5.74, 6) is 0.832. The first-order valence-electron chi connectivity index (χ1n) is 15.0. The fourth-order valence-corrected chi connectivity index (χ4v) is 8.94. The second kappa shape index (κ2) is 10.1. The number of aliphatic hydroxyl groups is 4. The lowest BCUT2D eigenvalue weighted by Gasteiger charge is -2.56. The molecular weight excluding hydrogens is 486 g/mol. The topological polar surface area (TPSA) is 84.2 Å². The number of allylic oxidation sites excluding steroid dienone is 3. The second-order valence-corrected chi connectivity index (χ2v) is 13.4. The zero-order chi connectivity index (χ0) is 27.4. The van der Waals surface area contributed by atoms with Crippen LogP contribution in [0.25, 0.3) is 10.8 Å². The van der Waals surface area contributed by atoms with Crippen LogP contribution in [0.5, 0.6) is 0 Å². The summed E-state index contributed by atoms with van der Waals surface area (Å²) < 4.78 is 0. The Labute approximate surface area is 232 Å². The smallest absolute Gasteiger partial charge is 0.0897 e. The fraction of sp³-hybridized carbons (Fsp3) is 0.588. The minimum atomic E-state index is -0.878.